The number of aliphatic imine (C=N–C) groups is 1. The van der Waals surface area contributed by atoms with Crippen LogP contribution in [0.1, 0.15) is 49.9 Å². The number of amides is 1. The average molecular weight is 476 g/mol. The van der Waals surface area contributed by atoms with Crippen molar-refractivity contribution in [3.05, 3.63) is 29.8 Å². The largest absolute Gasteiger partial charge is 0.497 e. The second kappa shape index (κ2) is 14.6. The van der Waals surface area contributed by atoms with Crippen molar-refractivity contribution in [1.29, 1.82) is 0 Å². The van der Waals surface area contributed by atoms with Crippen LogP contribution in [-0.2, 0) is 0 Å². The van der Waals surface area contributed by atoms with E-state index in [2.05, 4.69) is 34.8 Å². The normalized spacial score (nSPS) is 11.9. The number of hydrogen-bond donors (Lipinski definition) is 3. The molecule has 6 nitrogen and oxygen atoms in total. The van der Waals surface area contributed by atoms with E-state index in [0.717, 1.165) is 18.1 Å². The lowest BCUT2D eigenvalue weighted by atomic mass is 10.1. The third-order valence-electron chi connectivity index (χ3n) is 3.90. The molecule has 0 aliphatic heterocycles. The summed E-state index contributed by atoms with van der Waals surface area (Å²) in [4.78, 5) is 16.3. The minimum atomic E-state index is -0.0969. The number of halogens is 1. The van der Waals surface area contributed by atoms with Crippen LogP contribution in [0.15, 0.2) is 29.3 Å². The zero-order valence-corrected chi connectivity index (χ0v) is 18.6. The topological polar surface area (TPSA) is 74.8 Å². The maximum atomic E-state index is 12.1. The van der Waals surface area contributed by atoms with Crippen LogP contribution in [0, 0.1) is 0 Å². The van der Waals surface area contributed by atoms with Crippen LogP contribution >= 0.6 is 24.0 Å². The Labute approximate surface area is 174 Å². The average Bonchev–Trinajstić information content (AvgIpc) is 2.64. The Morgan fingerprint density at radius 1 is 1.15 bits per heavy atom. The van der Waals surface area contributed by atoms with E-state index < -0.39 is 0 Å². The van der Waals surface area contributed by atoms with Crippen molar-refractivity contribution in [3.8, 4) is 5.75 Å². The quantitative estimate of drug-likeness (QED) is 0.210. The SMILES string of the molecule is CCCCCC(C)NC(=NC)NCCNC(=O)c1ccc(OC)cc1.I. The summed E-state index contributed by atoms with van der Waals surface area (Å²) < 4.78 is 5.09. The van der Waals surface area contributed by atoms with Crippen LogP contribution in [0.3, 0.4) is 0 Å². The van der Waals surface area contributed by atoms with E-state index in [1.165, 1.54) is 19.3 Å². The molecule has 1 rings (SSSR count). The second-order valence-electron chi connectivity index (χ2n) is 6.02. The minimum absolute atomic E-state index is 0. The Morgan fingerprint density at radius 2 is 1.81 bits per heavy atom. The fraction of sp³-hybridized carbons (Fsp3) is 0.579. The van der Waals surface area contributed by atoms with Gasteiger partial charge in [-0.3, -0.25) is 9.79 Å². The number of carbonyl (C=O) groups excluding carboxylic acids is 1. The maximum absolute atomic E-state index is 12.1. The van der Waals surface area contributed by atoms with Gasteiger partial charge in [-0.2, -0.15) is 0 Å². The minimum Gasteiger partial charge on any atom is -0.497 e. The summed E-state index contributed by atoms with van der Waals surface area (Å²) in [5, 5.41) is 9.48. The van der Waals surface area contributed by atoms with Crippen molar-refractivity contribution in [1.82, 2.24) is 16.0 Å². The van der Waals surface area contributed by atoms with Gasteiger partial charge in [-0.25, -0.2) is 0 Å². The van der Waals surface area contributed by atoms with Gasteiger partial charge in [0.05, 0.1) is 7.11 Å². The van der Waals surface area contributed by atoms with Crippen LogP contribution in [0.2, 0.25) is 0 Å². The Hall–Kier alpha value is -1.51. The molecule has 148 valence electrons. The Kier molecular flexibility index (Phi) is 13.8. The first-order valence-electron chi connectivity index (χ1n) is 9.00. The van der Waals surface area contributed by atoms with Gasteiger partial charge in [0.25, 0.3) is 5.91 Å². The van der Waals surface area contributed by atoms with E-state index in [0.29, 0.717) is 24.7 Å². The summed E-state index contributed by atoms with van der Waals surface area (Å²) in [6.45, 7) is 5.51. The lowest BCUT2D eigenvalue weighted by molar-refractivity contribution is 0.0954. The van der Waals surface area contributed by atoms with Crippen LogP contribution in [0.25, 0.3) is 0 Å². The molecule has 1 atom stereocenters. The summed E-state index contributed by atoms with van der Waals surface area (Å²) >= 11 is 0. The van der Waals surface area contributed by atoms with Crippen LogP contribution in [0.4, 0.5) is 0 Å². The number of nitrogens with zero attached hydrogens (tertiary/aromatic N) is 1. The van der Waals surface area contributed by atoms with Crippen LogP contribution in [-0.4, -0.2) is 45.2 Å². The number of nitrogens with one attached hydrogen (secondary N) is 3. The van der Waals surface area contributed by atoms with Gasteiger partial charge < -0.3 is 20.7 Å². The first-order chi connectivity index (χ1) is 12.1. The summed E-state index contributed by atoms with van der Waals surface area (Å²) in [5.41, 5.74) is 0.618. The highest BCUT2D eigenvalue weighted by molar-refractivity contribution is 14.0. The third kappa shape index (κ3) is 9.84. The molecule has 0 aliphatic carbocycles. The molecular weight excluding hydrogens is 443 g/mol. The maximum Gasteiger partial charge on any atom is 0.251 e. The molecule has 1 aromatic carbocycles. The van der Waals surface area contributed by atoms with E-state index in [1.807, 2.05) is 0 Å². The van der Waals surface area contributed by atoms with Gasteiger partial charge in [-0.1, -0.05) is 26.2 Å². The number of ether oxygens (including phenoxy) is 1. The number of guanidine groups is 1. The lowest BCUT2D eigenvalue weighted by Crippen LogP contribution is -2.44. The van der Waals surface area contributed by atoms with Crippen molar-refractivity contribution < 1.29 is 9.53 Å². The van der Waals surface area contributed by atoms with Gasteiger partial charge in [-0.05, 0) is 37.6 Å². The molecule has 0 bridgehead atoms. The lowest BCUT2D eigenvalue weighted by Gasteiger charge is -2.18. The number of carbonyl (C=O) groups is 1. The van der Waals surface area contributed by atoms with Gasteiger partial charge in [0.2, 0.25) is 0 Å². The van der Waals surface area contributed by atoms with Crippen molar-refractivity contribution in [2.24, 2.45) is 4.99 Å². The Morgan fingerprint density at radius 3 is 2.38 bits per heavy atom. The second-order valence-corrected chi connectivity index (χ2v) is 6.02. The first-order valence-corrected chi connectivity index (χ1v) is 9.00. The molecule has 0 fully saturated rings. The zero-order valence-electron chi connectivity index (χ0n) is 16.3. The van der Waals surface area contributed by atoms with Crippen molar-refractivity contribution in [2.45, 2.75) is 45.6 Å². The molecule has 0 heterocycles. The molecule has 3 N–H and O–H groups in total. The molecule has 26 heavy (non-hydrogen) atoms. The summed E-state index contributed by atoms with van der Waals surface area (Å²) in [5.74, 6) is 1.41. The molecule has 0 aliphatic rings. The Bertz CT molecular complexity index is 535. The highest BCUT2D eigenvalue weighted by Gasteiger charge is 2.06. The molecule has 1 aromatic rings. The molecule has 7 heteroatoms. The molecule has 0 saturated carbocycles. The summed E-state index contributed by atoms with van der Waals surface area (Å²) in [6.07, 6.45) is 4.84. The molecule has 0 aromatic heterocycles. The molecular formula is C19H33IN4O2. The Balaban J connectivity index is 0.00000625. The molecule has 1 amide bonds. The van der Waals surface area contributed by atoms with E-state index in [9.17, 15) is 4.79 Å². The van der Waals surface area contributed by atoms with Crippen LogP contribution < -0.4 is 20.7 Å². The highest BCUT2D eigenvalue weighted by atomic mass is 127. The number of rotatable bonds is 10. The van der Waals surface area contributed by atoms with Gasteiger partial charge in [0.1, 0.15) is 5.75 Å². The molecule has 0 spiro atoms. The number of hydrogen-bond acceptors (Lipinski definition) is 3. The van der Waals surface area contributed by atoms with E-state index in [4.69, 9.17) is 4.74 Å². The fourth-order valence-corrected chi connectivity index (χ4v) is 2.40. The van der Waals surface area contributed by atoms with Gasteiger partial charge in [-0.15, -0.1) is 24.0 Å². The zero-order chi connectivity index (χ0) is 18.5. The van der Waals surface area contributed by atoms with Gasteiger partial charge in [0, 0.05) is 31.7 Å². The standard InChI is InChI=1S/C19H32N4O2.HI/c1-5-6-7-8-15(2)23-19(20-3)22-14-13-21-18(24)16-9-11-17(25-4)12-10-16;/h9-12,15H,5-8,13-14H2,1-4H3,(H,21,24)(H2,20,22,23);1H. The van der Waals surface area contributed by atoms with E-state index in [-0.39, 0.29) is 29.9 Å². The van der Waals surface area contributed by atoms with Crippen molar-refractivity contribution in [3.63, 3.8) is 0 Å². The third-order valence-corrected chi connectivity index (χ3v) is 3.90. The number of methoxy groups -OCH3 is 1. The predicted octanol–water partition coefficient (Wildman–Crippen LogP) is 3.18. The predicted molar refractivity (Wildman–Crippen MR) is 119 cm³/mol. The number of benzene rings is 1. The smallest absolute Gasteiger partial charge is 0.251 e. The monoisotopic (exact) mass is 476 g/mol. The highest BCUT2D eigenvalue weighted by Crippen LogP contribution is 2.10. The summed E-state index contributed by atoms with van der Waals surface area (Å²) in [6, 6.07) is 7.43. The number of unbranched alkanes of at least 4 members (excludes halogenated alkanes) is 2. The first kappa shape index (κ1) is 24.5. The van der Waals surface area contributed by atoms with E-state index in [1.54, 1.807) is 38.4 Å². The van der Waals surface area contributed by atoms with Crippen molar-refractivity contribution in [2.75, 3.05) is 27.2 Å². The summed E-state index contributed by atoms with van der Waals surface area (Å²) in [7, 11) is 3.36. The van der Waals surface area contributed by atoms with Gasteiger partial charge >= 0.3 is 0 Å². The fourth-order valence-electron chi connectivity index (χ4n) is 2.40. The van der Waals surface area contributed by atoms with E-state index >= 15 is 0 Å². The van der Waals surface area contributed by atoms with Gasteiger partial charge in [0.15, 0.2) is 5.96 Å². The molecule has 1 unspecified atom stereocenters. The van der Waals surface area contributed by atoms with Crippen molar-refractivity contribution >= 4 is 35.8 Å². The van der Waals surface area contributed by atoms with Crippen LogP contribution in [0.5, 0.6) is 5.75 Å². The molecule has 0 radical (unpaired) electrons. The molecule has 0 saturated heterocycles.